The minimum atomic E-state index is -0.150. The van der Waals surface area contributed by atoms with Gasteiger partial charge in [-0.15, -0.1) is 5.10 Å². The van der Waals surface area contributed by atoms with Crippen LogP contribution in [0.3, 0.4) is 0 Å². The first-order valence-corrected chi connectivity index (χ1v) is 7.27. The molecule has 6 nitrogen and oxygen atoms in total. The van der Waals surface area contributed by atoms with Crippen molar-refractivity contribution in [1.29, 1.82) is 0 Å². The summed E-state index contributed by atoms with van der Waals surface area (Å²) in [4.78, 5) is 12.1. The largest absolute Gasteiger partial charge is 0.347 e. The molecule has 0 saturated carbocycles. The van der Waals surface area contributed by atoms with Crippen molar-refractivity contribution in [1.82, 2.24) is 25.6 Å². The predicted molar refractivity (Wildman–Crippen MR) is 78.9 cm³/mol. The van der Waals surface area contributed by atoms with Crippen molar-refractivity contribution >= 4 is 5.91 Å². The van der Waals surface area contributed by atoms with E-state index in [0.717, 1.165) is 31.5 Å². The zero-order valence-electron chi connectivity index (χ0n) is 11.8. The van der Waals surface area contributed by atoms with Gasteiger partial charge in [-0.25, -0.2) is 4.68 Å². The fourth-order valence-electron chi connectivity index (χ4n) is 2.48. The van der Waals surface area contributed by atoms with Crippen LogP contribution in [0.1, 0.15) is 28.9 Å². The molecule has 2 N–H and O–H groups in total. The first-order chi connectivity index (χ1) is 10.3. The number of nitrogens with one attached hydrogen (secondary N) is 2. The van der Waals surface area contributed by atoms with E-state index in [-0.39, 0.29) is 11.9 Å². The minimum absolute atomic E-state index is 0.150. The van der Waals surface area contributed by atoms with E-state index in [0.29, 0.717) is 12.2 Å². The molecule has 1 fully saturated rings. The Bertz CT molecular complexity index is 589. The molecule has 1 saturated heterocycles. The summed E-state index contributed by atoms with van der Waals surface area (Å²) in [6.45, 7) is 2.47. The van der Waals surface area contributed by atoms with Crippen molar-refractivity contribution in [3.8, 4) is 0 Å². The summed E-state index contributed by atoms with van der Waals surface area (Å²) in [6, 6.07) is 10.2. The quantitative estimate of drug-likeness (QED) is 0.872. The summed E-state index contributed by atoms with van der Waals surface area (Å²) < 4.78 is 1.68. The smallest absolute Gasteiger partial charge is 0.273 e. The van der Waals surface area contributed by atoms with Gasteiger partial charge >= 0.3 is 0 Å². The molecule has 0 spiro atoms. The predicted octanol–water partition coefficient (Wildman–Crippen LogP) is 0.808. The van der Waals surface area contributed by atoms with Gasteiger partial charge in [-0.3, -0.25) is 4.79 Å². The summed E-state index contributed by atoms with van der Waals surface area (Å²) in [5.74, 6) is -0.150. The van der Waals surface area contributed by atoms with E-state index >= 15 is 0 Å². The highest BCUT2D eigenvalue weighted by atomic mass is 16.2. The SMILES string of the molecule is O=C(N[C@H]1CCCNC1)c1cn(Cc2ccccc2)nn1. The van der Waals surface area contributed by atoms with Crippen molar-refractivity contribution in [2.45, 2.75) is 25.4 Å². The number of amides is 1. The minimum Gasteiger partial charge on any atom is -0.347 e. The number of piperidine rings is 1. The Kier molecular flexibility index (Phi) is 4.25. The molecule has 0 aliphatic carbocycles. The first-order valence-electron chi connectivity index (χ1n) is 7.27. The second-order valence-corrected chi connectivity index (χ2v) is 5.30. The van der Waals surface area contributed by atoms with E-state index in [1.807, 2.05) is 30.3 Å². The number of benzene rings is 1. The van der Waals surface area contributed by atoms with Crippen LogP contribution in [0.4, 0.5) is 0 Å². The molecular formula is C15H19N5O. The molecule has 6 heteroatoms. The Hall–Kier alpha value is -2.21. The molecular weight excluding hydrogens is 266 g/mol. The highest BCUT2D eigenvalue weighted by Gasteiger charge is 2.18. The van der Waals surface area contributed by atoms with Crippen LogP contribution < -0.4 is 10.6 Å². The average molecular weight is 285 g/mol. The van der Waals surface area contributed by atoms with E-state index < -0.39 is 0 Å². The van der Waals surface area contributed by atoms with Crippen molar-refractivity contribution in [2.75, 3.05) is 13.1 Å². The van der Waals surface area contributed by atoms with Crippen LogP contribution in [0, 0.1) is 0 Å². The number of rotatable bonds is 4. The zero-order chi connectivity index (χ0) is 14.5. The van der Waals surface area contributed by atoms with Crippen LogP contribution in [0.15, 0.2) is 36.5 Å². The molecule has 1 aliphatic heterocycles. The molecule has 3 rings (SSSR count). The lowest BCUT2D eigenvalue weighted by molar-refractivity contribution is 0.0925. The molecule has 21 heavy (non-hydrogen) atoms. The molecule has 1 amide bonds. The Balaban J connectivity index is 1.60. The topological polar surface area (TPSA) is 71.8 Å². The third-order valence-corrected chi connectivity index (χ3v) is 3.59. The van der Waals surface area contributed by atoms with Crippen LogP contribution in [-0.4, -0.2) is 40.0 Å². The molecule has 0 unspecified atom stereocenters. The van der Waals surface area contributed by atoms with Gasteiger partial charge in [-0.05, 0) is 24.9 Å². The molecule has 1 atom stereocenters. The van der Waals surface area contributed by atoms with Crippen molar-refractivity contribution < 1.29 is 4.79 Å². The summed E-state index contributed by atoms with van der Waals surface area (Å²) >= 11 is 0. The summed E-state index contributed by atoms with van der Waals surface area (Å²) in [6.07, 6.45) is 3.79. The molecule has 1 aromatic carbocycles. The Morgan fingerprint density at radius 3 is 3.00 bits per heavy atom. The fourth-order valence-corrected chi connectivity index (χ4v) is 2.48. The molecule has 0 radical (unpaired) electrons. The number of nitrogens with zero attached hydrogens (tertiary/aromatic N) is 3. The van der Waals surface area contributed by atoms with Gasteiger partial charge in [0.1, 0.15) is 0 Å². The Morgan fingerprint density at radius 1 is 1.38 bits per heavy atom. The van der Waals surface area contributed by atoms with Crippen LogP contribution in [0.25, 0.3) is 0 Å². The van der Waals surface area contributed by atoms with Crippen LogP contribution >= 0.6 is 0 Å². The van der Waals surface area contributed by atoms with Crippen molar-refractivity contribution in [3.63, 3.8) is 0 Å². The number of hydrogen-bond donors (Lipinski definition) is 2. The van der Waals surface area contributed by atoms with Gasteiger partial charge in [-0.2, -0.15) is 0 Å². The standard InChI is InChI=1S/C15H19N5O/c21-15(17-13-7-4-8-16-9-13)14-11-20(19-18-14)10-12-5-2-1-3-6-12/h1-3,5-6,11,13,16H,4,7-10H2,(H,17,21)/t13-/m0/s1. The second-order valence-electron chi connectivity index (χ2n) is 5.30. The fraction of sp³-hybridized carbons (Fsp3) is 0.400. The molecule has 0 bridgehead atoms. The zero-order valence-corrected chi connectivity index (χ0v) is 11.8. The lowest BCUT2D eigenvalue weighted by Gasteiger charge is -2.23. The van der Waals surface area contributed by atoms with Gasteiger partial charge in [-0.1, -0.05) is 35.5 Å². The number of aromatic nitrogens is 3. The van der Waals surface area contributed by atoms with Crippen LogP contribution in [0.5, 0.6) is 0 Å². The van der Waals surface area contributed by atoms with Gasteiger partial charge in [0.25, 0.3) is 5.91 Å². The van der Waals surface area contributed by atoms with Crippen molar-refractivity contribution in [2.24, 2.45) is 0 Å². The molecule has 110 valence electrons. The van der Waals surface area contributed by atoms with Crippen LogP contribution in [0.2, 0.25) is 0 Å². The lowest BCUT2D eigenvalue weighted by atomic mass is 10.1. The number of hydrogen-bond acceptors (Lipinski definition) is 4. The summed E-state index contributed by atoms with van der Waals surface area (Å²) in [5.41, 5.74) is 1.50. The summed E-state index contributed by atoms with van der Waals surface area (Å²) in [7, 11) is 0. The molecule has 2 aromatic rings. The van der Waals surface area contributed by atoms with E-state index in [1.165, 1.54) is 0 Å². The normalized spacial score (nSPS) is 18.4. The van der Waals surface area contributed by atoms with Gasteiger partial charge in [0.05, 0.1) is 12.7 Å². The third-order valence-electron chi connectivity index (χ3n) is 3.59. The summed E-state index contributed by atoms with van der Waals surface area (Å²) in [5, 5.41) is 14.2. The van der Waals surface area contributed by atoms with E-state index in [2.05, 4.69) is 20.9 Å². The molecule has 2 heterocycles. The highest BCUT2D eigenvalue weighted by Crippen LogP contribution is 2.04. The van der Waals surface area contributed by atoms with E-state index in [4.69, 9.17) is 0 Å². The third kappa shape index (κ3) is 3.66. The van der Waals surface area contributed by atoms with Gasteiger partial charge in [0.2, 0.25) is 0 Å². The lowest BCUT2D eigenvalue weighted by Crippen LogP contribution is -2.45. The highest BCUT2D eigenvalue weighted by molar-refractivity contribution is 5.92. The van der Waals surface area contributed by atoms with Gasteiger partial charge in [0.15, 0.2) is 5.69 Å². The molecule has 1 aliphatic rings. The second kappa shape index (κ2) is 6.49. The monoisotopic (exact) mass is 285 g/mol. The first kappa shape index (κ1) is 13.8. The Morgan fingerprint density at radius 2 is 2.24 bits per heavy atom. The molecule has 1 aromatic heterocycles. The van der Waals surface area contributed by atoms with Gasteiger partial charge < -0.3 is 10.6 Å². The van der Waals surface area contributed by atoms with Crippen molar-refractivity contribution in [3.05, 3.63) is 47.8 Å². The van der Waals surface area contributed by atoms with Gasteiger partial charge in [0, 0.05) is 12.6 Å². The maximum absolute atomic E-state index is 12.1. The average Bonchev–Trinajstić information content (AvgIpc) is 2.98. The maximum atomic E-state index is 12.1. The van der Waals surface area contributed by atoms with Crippen LogP contribution in [-0.2, 0) is 6.54 Å². The van der Waals surface area contributed by atoms with E-state index in [1.54, 1.807) is 10.9 Å². The number of carbonyl (C=O) groups excluding carboxylic acids is 1. The number of carbonyl (C=O) groups is 1. The Labute approximate surface area is 123 Å². The van der Waals surface area contributed by atoms with E-state index in [9.17, 15) is 4.79 Å². The maximum Gasteiger partial charge on any atom is 0.273 e.